The lowest BCUT2D eigenvalue weighted by atomic mass is 10.2. The van der Waals surface area contributed by atoms with E-state index in [-0.39, 0.29) is 11.7 Å². The molecular weight excluding hydrogens is 230 g/mol. The predicted octanol–water partition coefficient (Wildman–Crippen LogP) is 2.57. The Bertz CT molecular complexity index is 542. The lowest BCUT2D eigenvalue weighted by molar-refractivity contribution is 0.0784. The molecule has 1 heterocycles. The highest BCUT2D eigenvalue weighted by molar-refractivity contribution is 5.94. The molecule has 1 aromatic carbocycles. The van der Waals surface area contributed by atoms with Crippen LogP contribution in [-0.2, 0) is 6.54 Å². The van der Waals surface area contributed by atoms with Crippen molar-refractivity contribution in [1.29, 1.82) is 0 Å². The zero-order valence-electron chi connectivity index (χ0n) is 10.4. The Hall–Kier alpha value is -2.23. The van der Waals surface area contributed by atoms with E-state index in [1.54, 1.807) is 30.3 Å². The van der Waals surface area contributed by atoms with Gasteiger partial charge in [-0.15, -0.1) is 0 Å². The standard InChI is InChI=1S/C14H15NO3/c1-10-12(7-8-18-10)9-15(2)14(17)11-3-5-13(16)6-4-11/h3-8,16H,9H2,1-2H3. The van der Waals surface area contributed by atoms with Gasteiger partial charge in [-0.1, -0.05) is 0 Å². The highest BCUT2D eigenvalue weighted by atomic mass is 16.3. The number of amides is 1. The number of hydrogen-bond donors (Lipinski definition) is 1. The van der Waals surface area contributed by atoms with Crippen LogP contribution >= 0.6 is 0 Å². The van der Waals surface area contributed by atoms with Crippen molar-refractivity contribution in [2.24, 2.45) is 0 Å². The average Bonchev–Trinajstić information content (AvgIpc) is 2.75. The molecule has 0 saturated carbocycles. The maximum atomic E-state index is 12.1. The Morgan fingerprint density at radius 2 is 1.94 bits per heavy atom. The second-order valence-electron chi connectivity index (χ2n) is 4.21. The molecule has 0 radical (unpaired) electrons. The highest BCUT2D eigenvalue weighted by Crippen LogP contribution is 2.15. The monoisotopic (exact) mass is 245 g/mol. The van der Waals surface area contributed by atoms with Gasteiger partial charge in [0.05, 0.1) is 6.26 Å². The summed E-state index contributed by atoms with van der Waals surface area (Å²) < 4.78 is 5.20. The van der Waals surface area contributed by atoms with Gasteiger partial charge in [0, 0.05) is 24.7 Å². The summed E-state index contributed by atoms with van der Waals surface area (Å²) in [6, 6.07) is 8.08. The van der Waals surface area contributed by atoms with E-state index in [2.05, 4.69) is 0 Å². The summed E-state index contributed by atoms with van der Waals surface area (Å²) in [6.45, 7) is 2.37. The molecule has 0 fully saturated rings. The zero-order valence-corrected chi connectivity index (χ0v) is 10.4. The van der Waals surface area contributed by atoms with Crippen molar-refractivity contribution in [1.82, 2.24) is 4.90 Å². The molecule has 0 atom stereocenters. The molecule has 0 unspecified atom stereocenters. The molecule has 1 N–H and O–H groups in total. The van der Waals surface area contributed by atoms with Crippen molar-refractivity contribution in [3.05, 3.63) is 53.5 Å². The maximum Gasteiger partial charge on any atom is 0.253 e. The van der Waals surface area contributed by atoms with E-state index in [1.807, 2.05) is 13.0 Å². The molecule has 4 nitrogen and oxygen atoms in total. The highest BCUT2D eigenvalue weighted by Gasteiger charge is 2.13. The minimum atomic E-state index is -0.0874. The second-order valence-corrected chi connectivity index (χ2v) is 4.21. The predicted molar refractivity (Wildman–Crippen MR) is 67.3 cm³/mol. The first-order valence-electron chi connectivity index (χ1n) is 5.65. The molecule has 4 heteroatoms. The largest absolute Gasteiger partial charge is 0.508 e. The van der Waals surface area contributed by atoms with E-state index in [1.165, 1.54) is 12.1 Å². The van der Waals surface area contributed by atoms with Gasteiger partial charge < -0.3 is 14.4 Å². The van der Waals surface area contributed by atoms with Crippen molar-refractivity contribution in [2.45, 2.75) is 13.5 Å². The molecule has 2 rings (SSSR count). The lowest BCUT2D eigenvalue weighted by Crippen LogP contribution is -2.26. The number of aryl methyl sites for hydroxylation is 1. The molecule has 2 aromatic rings. The summed E-state index contributed by atoms with van der Waals surface area (Å²) in [5.74, 6) is 0.885. The van der Waals surface area contributed by atoms with Crippen LogP contribution in [0.3, 0.4) is 0 Å². The van der Waals surface area contributed by atoms with Crippen LogP contribution in [0.5, 0.6) is 5.75 Å². The van der Waals surface area contributed by atoms with Gasteiger partial charge in [-0.2, -0.15) is 0 Å². The molecule has 0 aliphatic heterocycles. The first-order chi connectivity index (χ1) is 8.58. The molecule has 18 heavy (non-hydrogen) atoms. The van der Waals surface area contributed by atoms with Gasteiger partial charge in [-0.25, -0.2) is 0 Å². The van der Waals surface area contributed by atoms with Gasteiger partial charge >= 0.3 is 0 Å². The van der Waals surface area contributed by atoms with Gasteiger partial charge in [0.15, 0.2) is 0 Å². The molecule has 0 saturated heterocycles. The second kappa shape index (κ2) is 4.96. The van der Waals surface area contributed by atoms with E-state index in [0.29, 0.717) is 12.1 Å². The van der Waals surface area contributed by atoms with Gasteiger partial charge in [-0.05, 0) is 37.3 Å². The van der Waals surface area contributed by atoms with E-state index in [0.717, 1.165) is 11.3 Å². The van der Waals surface area contributed by atoms with Gasteiger partial charge in [0.2, 0.25) is 0 Å². The number of benzene rings is 1. The number of rotatable bonds is 3. The van der Waals surface area contributed by atoms with Gasteiger partial charge in [0.25, 0.3) is 5.91 Å². The fourth-order valence-corrected chi connectivity index (χ4v) is 1.73. The first kappa shape index (κ1) is 12.2. The minimum Gasteiger partial charge on any atom is -0.508 e. The first-order valence-corrected chi connectivity index (χ1v) is 5.65. The number of phenols is 1. The summed E-state index contributed by atoms with van der Waals surface area (Å²) in [5, 5.41) is 9.18. The fraction of sp³-hybridized carbons (Fsp3) is 0.214. The van der Waals surface area contributed by atoms with Crippen molar-refractivity contribution in [2.75, 3.05) is 7.05 Å². The fourth-order valence-electron chi connectivity index (χ4n) is 1.73. The Kier molecular flexibility index (Phi) is 3.37. The van der Waals surface area contributed by atoms with E-state index >= 15 is 0 Å². The zero-order chi connectivity index (χ0) is 13.1. The maximum absolute atomic E-state index is 12.1. The molecule has 0 aliphatic rings. The number of furan rings is 1. The summed E-state index contributed by atoms with van der Waals surface area (Å²) >= 11 is 0. The molecule has 0 aliphatic carbocycles. The van der Waals surface area contributed by atoms with E-state index in [4.69, 9.17) is 4.42 Å². The molecule has 0 spiro atoms. The van der Waals surface area contributed by atoms with Crippen LogP contribution in [0.25, 0.3) is 0 Å². The quantitative estimate of drug-likeness (QED) is 0.904. The SMILES string of the molecule is Cc1occc1CN(C)C(=O)c1ccc(O)cc1. The number of phenolic OH excluding ortho intramolecular Hbond substituents is 1. The molecule has 1 aromatic heterocycles. The number of nitrogens with zero attached hydrogens (tertiary/aromatic N) is 1. The molecule has 94 valence electrons. The Balaban J connectivity index is 2.09. The smallest absolute Gasteiger partial charge is 0.253 e. The Labute approximate surface area is 105 Å². The third-order valence-corrected chi connectivity index (χ3v) is 2.83. The topological polar surface area (TPSA) is 53.7 Å². The summed E-state index contributed by atoms with van der Waals surface area (Å²) in [5.41, 5.74) is 1.54. The van der Waals surface area contributed by atoms with Crippen LogP contribution in [-0.4, -0.2) is 23.0 Å². The van der Waals surface area contributed by atoms with Gasteiger partial charge in [0.1, 0.15) is 11.5 Å². The van der Waals surface area contributed by atoms with Crippen LogP contribution in [0.4, 0.5) is 0 Å². The van der Waals surface area contributed by atoms with Crippen LogP contribution in [0.1, 0.15) is 21.7 Å². The number of carbonyl (C=O) groups excluding carboxylic acids is 1. The summed E-state index contributed by atoms with van der Waals surface area (Å²) in [6.07, 6.45) is 1.61. The summed E-state index contributed by atoms with van der Waals surface area (Å²) in [7, 11) is 1.74. The van der Waals surface area contributed by atoms with Crippen LogP contribution < -0.4 is 0 Å². The van der Waals surface area contributed by atoms with Crippen molar-refractivity contribution >= 4 is 5.91 Å². The van der Waals surface area contributed by atoms with E-state index < -0.39 is 0 Å². The van der Waals surface area contributed by atoms with Crippen LogP contribution in [0.2, 0.25) is 0 Å². The van der Waals surface area contributed by atoms with E-state index in [9.17, 15) is 9.90 Å². The van der Waals surface area contributed by atoms with Crippen molar-refractivity contribution in [3.63, 3.8) is 0 Å². The Morgan fingerprint density at radius 3 is 2.50 bits per heavy atom. The number of carbonyl (C=O) groups is 1. The molecule has 1 amide bonds. The summed E-state index contributed by atoms with van der Waals surface area (Å²) in [4.78, 5) is 13.7. The van der Waals surface area contributed by atoms with Crippen LogP contribution in [0.15, 0.2) is 41.0 Å². The third kappa shape index (κ3) is 2.53. The minimum absolute atomic E-state index is 0.0874. The molecule has 0 bridgehead atoms. The third-order valence-electron chi connectivity index (χ3n) is 2.83. The average molecular weight is 245 g/mol. The van der Waals surface area contributed by atoms with Gasteiger partial charge in [-0.3, -0.25) is 4.79 Å². The van der Waals surface area contributed by atoms with Crippen molar-refractivity contribution in [3.8, 4) is 5.75 Å². The van der Waals surface area contributed by atoms with Crippen LogP contribution in [0, 0.1) is 6.92 Å². The molecular formula is C14H15NO3. The number of hydrogen-bond acceptors (Lipinski definition) is 3. The van der Waals surface area contributed by atoms with Crippen molar-refractivity contribution < 1.29 is 14.3 Å². The Morgan fingerprint density at radius 1 is 1.28 bits per heavy atom. The lowest BCUT2D eigenvalue weighted by Gasteiger charge is -2.16. The normalized spacial score (nSPS) is 10.3. The number of aromatic hydroxyl groups is 1.